The first kappa shape index (κ1) is 16.7. The van der Waals surface area contributed by atoms with Gasteiger partial charge in [0, 0.05) is 43.3 Å². The number of fused-ring (bicyclic) bond motifs is 1. The van der Waals surface area contributed by atoms with E-state index in [0.717, 1.165) is 37.4 Å². The minimum absolute atomic E-state index is 0.617. The van der Waals surface area contributed by atoms with Crippen LogP contribution in [0.5, 0.6) is 0 Å². The average Bonchev–Trinajstić information content (AvgIpc) is 3.01. The molecule has 4 heteroatoms. The van der Waals surface area contributed by atoms with Crippen LogP contribution in [0.25, 0.3) is 10.9 Å². The molecule has 0 N–H and O–H groups in total. The van der Waals surface area contributed by atoms with Gasteiger partial charge in [0.15, 0.2) is 0 Å². The van der Waals surface area contributed by atoms with Crippen molar-refractivity contribution in [3.05, 3.63) is 60.0 Å². The molecule has 2 aromatic heterocycles. The Bertz CT molecular complexity index is 791. The van der Waals surface area contributed by atoms with E-state index in [1.165, 1.54) is 10.9 Å². The van der Waals surface area contributed by atoms with E-state index in [0.29, 0.717) is 5.92 Å². The lowest BCUT2D eigenvalue weighted by atomic mass is 10.1. The van der Waals surface area contributed by atoms with Gasteiger partial charge in [0.05, 0.1) is 17.4 Å². The number of hydrogen-bond acceptors (Lipinski definition) is 3. The number of para-hydroxylation sites is 1. The first-order valence-electron chi connectivity index (χ1n) is 8.72. The summed E-state index contributed by atoms with van der Waals surface area (Å²) in [5, 5.41) is 5.58. The summed E-state index contributed by atoms with van der Waals surface area (Å²) in [6.45, 7) is 10.4. The summed E-state index contributed by atoms with van der Waals surface area (Å²) < 4.78 is 1.98. The zero-order valence-electron chi connectivity index (χ0n) is 14.8. The highest BCUT2D eigenvalue weighted by Gasteiger charge is 2.11. The second kappa shape index (κ2) is 7.58. The first-order chi connectivity index (χ1) is 11.6. The number of benzene rings is 1. The van der Waals surface area contributed by atoms with E-state index >= 15 is 0 Å². The molecular weight excluding hydrogens is 296 g/mol. The molecule has 0 radical (unpaired) electrons. The van der Waals surface area contributed by atoms with E-state index in [4.69, 9.17) is 4.98 Å². The fraction of sp³-hybridized carbons (Fsp3) is 0.400. The third-order valence-corrected chi connectivity index (χ3v) is 4.08. The van der Waals surface area contributed by atoms with Crippen molar-refractivity contribution in [2.24, 2.45) is 5.92 Å². The van der Waals surface area contributed by atoms with Crippen molar-refractivity contribution in [2.75, 3.05) is 6.54 Å². The van der Waals surface area contributed by atoms with Crippen molar-refractivity contribution in [3.63, 3.8) is 0 Å². The van der Waals surface area contributed by atoms with Crippen LogP contribution in [-0.4, -0.2) is 26.2 Å². The van der Waals surface area contributed by atoms with Gasteiger partial charge in [-0.1, -0.05) is 38.1 Å². The number of hydrogen-bond donors (Lipinski definition) is 0. The second-order valence-corrected chi connectivity index (χ2v) is 6.76. The summed E-state index contributed by atoms with van der Waals surface area (Å²) in [5.41, 5.74) is 3.45. The van der Waals surface area contributed by atoms with Gasteiger partial charge in [0.25, 0.3) is 0 Å². The van der Waals surface area contributed by atoms with Gasteiger partial charge >= 0.3 is 0 Å². The smallest absolute Gasteiger partial charge is 0.0705 e. The monoisotopic (exact) mass is 322 g/mol. The number of pyridine rings is 1. The predicted molar refractivity (Wildman–Crippen MR) is 98.6 cm³/mol. The van der Waals surface area contributed by atoms with Crippen molar-refractivity contribution in [3.8, 4) is 0 Å². The predicted octanol–water partition coefficient (Wildman–Crippen LogP) is 4.11. The number of aromatic nitrogens is 3. The van der Waals surface area contributed by atoms with E-state index in [2.05, 4.69) is 67.3 Å². The lowest BCUT2D eigenvalue weighted by Crippen LogP contribution is -2.27. The number of rotatable bonds is 7. The molecule has 0 aliphatic heterocycles. The summed E-state index contributed by atoms with van der Waals surface area (Å²) in [6, 6.07) is 12.6. The van der Waals surface area contributed by atoms with Crippen molar-refractivity contribution in [1.29, 1.82) is 0 Å². The zero-order chi connectivity index (χ0) is 16.9. The van der Waals surface area contributed by atoms with E-state index < -0.39 is 0 Å². The normalized spacial score (nSPS) is 11.7. The van der Waals surface area contributed by atoms with Crippen LogP contribution >= 0.6 is 0 Å². The first-order valence-corrected chi connectivity index (χ1v) is 8.72. The fourth-order valence-corrected chi connectivity index (χ4v) is 3.05. The molecule has 0 saturated carbocycles. The van der Waals surface area contributed by atoms with Gasteiger partial charge in [-0.05, 0) is 25.0 Å². The minimum Gasteiger partial charge on any atom is -0.293 e. The average molecular weight is 322 g/mol. The van der Waals surface area contributed by atoms with Crippen LogP contribution in [0.2, 0.25) is 0 Å². The largest absolute Gasteiger partial charge is 0.293 e. The highest BCUT2D eigenvalue weighted by atomic mass is 15.3. The molecule has 3 aromatic rings. The Morgan fingerprint density at radius 3 is 2.67 bits per heavy atom. The summed E-state index contributed by atoms with van der Waals surface area (Å²) in [6.07, 6.45) is 4.12. The van der Waals surface area contributed by atoms with Crippen molar-refractivity contribution >= 4 is 10.9 Å². The van der Waals surface area contributed by atoms with Gasteiger partial charge in [0.2, 0.25) is 0 Å². The van der Waals surface area contributed by atoms with Crippen LogP contribution in [0.1, 0.15) is 32.0 Å². The lowest BCUT2D eigenvalue weighted by Gasteiger charge is -2.23. The van der Waals surface area contributed by atoms with Gasteiger partial charge in [-0.2, -0.15) is 5.10 Å². The molecule has 0 saturated heterocycles. The van der Waals surface area contributed by atoms with Gasteiger partial charge < -0.3 is 0 Å². The van der Waals surface area contributed by atoms with Crippen LogP contribution in [0, 0.1) is 5.92 Å². The highest BCUT2D eigenvalue weighted by Crippen LogP contribution is 2.15. The molecule has 0 aliphatic carbocycles. The third kappa shape index (κ3) is 4.20. The van der Waals surface area contributed by atoms with Crippen LogP contribution in [0.3, 0.4) is 0 Å². The topological polar surface area (TPSA) is 34.0 Å². The van der Waals surface area contributed by atoms with Gasteiger partial charge in [-0.3, -0.25) is 14.6 Å². The molecule has 1 aromatic carbocycles. The molecule has 0 atom stereocenters. The molecule has 0 aliphatic rings. The lowest BCUT2D eigenvalue weighted by molar-refractivity contribution is 0.225. The Balaban J connectivity index is 1.76. The Labute approximate surface area is 144 Å². The second-order valence-electron chi connectivity index (χ2n) is 6.76. The highest BCUT2D eigenvalue weighted by molar-refractivity contribution is 5.78. The Morgan fingerprint density at radius 1 is 1.08 bits per heavy atom. The third-order valence-electron chi connectivity index (χ3n) is 4.08. The van der Waals surface area contributed by atoms with E-state index in [-0.39, 0.29) is 0 Å². The van der Waals surface area contributed by atoms with Gasteiger partial charge in [-0.25, -0.2) is 0 Å². The van der Waals surface area contributed by atoms with Crippen LogP contribution < -0.4 is 0 Å². The summed E-state index contributed by atoms with van der Waals surface area (Å²) in [4.78, 5) is 7.28. The Morgan fingerprint density at radius 2 is 1.92 bits per heavy atom. The molecule has 0 amide bonds. The minimum atomic E-state index is 0.617. The SMILES string of the molecule is CCn1cc(CN(Cc2ccc3ccccc3n2)CC(C)C)cn1. The molecule has 0 spiro atoms. The van der Waals surface area contributed by atoms with Crippen LogP contribution in [0.15, 0.2) is 48.8 Å². The molecule has 2 heterocycles. The molecule has 126 valence electrons. The van der Waals surface area contributed by atoms with Crippen molar-refractivity contribution in [2.45, 2.75) is 40.4 Å². The summed E-state index contributed by atoms with van der Waals surface area (Å²) in [5.74, 6) is 0.617. The number of nitrogens with zero attached hydrogens (tertiary/aromatic N) is 4. The molecule has 0 unspecified atom stereocenters. The zero-order valence-corrected chi connectivity index (χ0v) is 14.8. The molecule has 0 bridgehead atoms. The van der Waals surface area contributed by atoms with E-state index in [1.807, 2.05) is 16.9 Å². The van der Waals surface area contributed by atoms with E-state index in [9.17, 15) is 0 Å². The molecule has 3 rings (SSSR count). The maximum Gasteiger partial charge on any atom is 0.0705 e. The standard InChI is InChI=1S/C20H26N4/c1-4-24-14-17(11-21-24)13-23(12-16(2)3)15-19-10-9-18-7-5-6-8-20(18)22-19/h5-11,14,16H,4,12-13,15H2,1-3H3. The molecule has 4 nitrogen and oxygen atoms in total. The van der Waals surface area contributed by atoms with Crippen molar-refractivity contribution < 1.29 is 0 Å². The summed E-state index contributed by atoms with van der Waals surface area (Å²) in [7, 11) is 0. The maximum absolute atomic E-state index is 4.82. The quantitative estimate of drug-likeness (QED) is 0.656. The fourth-order valence-electron chi connectivity index (χ4n) is 3.05. The van der Waals surface area contributed by atoms with Crippen LogP contribution in [0.4, 0.5) is 0 Å². The Kier molecular flexibility index (Phi) is 5.26. The number of aryl methyl sites for hydroxylation is 1. The molecule has 0 fully saturated rings. The van der Waals surface area contributed by atoms with Gasteiger partial charge in [-0.15, -0.1) is 0 Å². The summed E-state index contributed by atoms with van der Waals surface area (Å²) >= 11 is 0. The van der Waals surface area contributed by atoms with Crippen molar-refractivity contribution in [1.82, 2.24) is 19.7 Å². The molecule has 24 heavy (non-hydrogen) atoms. The Hall–Kier alpha value is -2.20. The maximum atomic E-state index is 4.82. The van der Waals surface area contributed by atoms with Gasteiger partial charge in [0.1, 0.15) is 0 Å². The van der Waals surface area contributed by atoms with Crippen LogP contribution in [-0.2, 0) is 19.6 Å². The molecular formula is C20H26N4. The van der Waals surface area contributed by atoms with E-state index in [1.54, 1.807) is 0 Å².